The Bertz CT molecular complexity index is 658. The topological polar surface area (TPSA) is 64.6 Å². The van der Waals surface area contributed by atoms with E-state index in [1.807, 2.05) is 24.3 Å². The van der Waals surface area contributed by atoms with Crippen LogP contribution in [0.4, 0.5) is 0 Å². The molecule has 1 saturated heterocycles. The molecule has 0 aromatic heterocycles. The molecular weight excluding hydrogens is 294 g/mol. The number of nitrogens with one attached hydrogen (secondary N) is 1. The number of carbonyl (C=O) groups is 2. The van der Waals surface area contributed by atoms with Crippen molar-refractivity contribution in [3.05, 3.63) is 29.8 Å². The molecule has 2 aliphatic heterocycles. The fraction of sp³-hybridized carbons (Fsp3) is 0.556. The minimum Gasteiger partial charge on any atom is -0.489 e. The Morgan fingerprint density at radius 1 is 1.39 bits per heavy atom. The summed E-state index contributed by atoms with van der Waals surface area (Å²) in [5.41, 5.74) is 0.460. The highest BCUT2D eigenvalue weighted by Gasteiger charge is 2.66. The summed E-state index contributed by atoms with van der Waals surface area (Å²) in [6.07, 6.45) is 3.62. The van der Waals surface area contributed by atoms with E-state index in [1.54, 1.807) is 6.92 Å². The monoisotopic (exact) mass is 315 g/mol. The van der Waals surface area contributed by atoms with E-state index in [1.165, 1.54) is 0 Å². The third-order valence-electron chi connectivity index (χ3n) is 5.57. The molecule has 3 aliphatic rings. The molecule has 1 aromatic rings. The van der Waals surface area contributed by atoms with Crippen molar-refractivity contribution in [2.45, 2.75) is 44.8 Å². The maximum atomic E-state index is 12.6. The predicted octanol–water partition coefficient (Wildman–Crippen LogP) is 2.36. The van der Waals surface area contributed by atoms with E-state index in [4.69, 9.17) is 9.47 Å². The van der Waals surface area contributed by atoms with Gasteiger partial charge in [0, 0.05) is 5.56 Å². The summed E-state index contributed by atoms with van der Waals surface area (Å²) in [6, 6.07) is 7.65. The van der Waals surface area contributed by atoms with Crippen LogP contribution in [0.1, 0.15) is 44.2 Å². The van der Waals surface area contributed by atoms with E-state index < -0.39 is 17.3 Å². The standard InChI is InChI=1S/C18H21NO4/c1-2-22-17(21)14-16(20)19-15-11-7-3-4-8-12(11)23-13-9-5-6-10-18(13,14)15/h3-4,7-8,13-15H,2,5-6,9-10H2,1H3,(H,19,20)/t13-,14-,15-,18+/m1/s1. The maximum absolute atomic E-state index is 12.6. The van der Waals surface area contributed by atoms with Gasteiger partial charge in [-0.2, -0.15) is 0 Å². The van der Waals surface area contributed by atoms with E-state index in [0.29, 0.717) is 0 Å². The molecule has 1 amide bonds. The van der Waals surface area contributed by atoms with Gasteiger partial charge in [-0.05, 0) is 32.3 Å². The van der Waals surface area contributed by atoms with Gasteiger partial charge in [0.1, 0.15) is 17.8 Å². The highest BCUT2D eigenvalue weighted by Crippen LogP contribution is 2.60. The highest BCUT2D eigenvalue weighted by atomic mass is 16.5. The summed E-state index contributed by atoms with van der Waals surface area (Å²) < 4.78 is 11.5. The quantitative estimate of drug-likeness (QED) is 0.672. The van der Waals surface area contributed by atoms with Crippen LogP contribution < -0.4 is 10.1 Å². The first-order chi connectivity index (χ1) is 11.2. The third kappa shape index (κ3) is 1.92. The highest BCUT2D eigenvalue weighted by molar-refractivity contribution is 6.01. The number of hydrogen-bond acceptors (Lipinski definition) is 4. The first kappa shape index (κ1) is 14.5. The Labute approximate surface area is 135 Å². The van der Waals surface area contributed by atoms with Crippen molar-refractivity contribution in [1.82, 2.24) is 5.32 Å². The van der Waals surface area contributed by atoms with Crippen LogP contribution in [0.2, 0.25) is 0 Å². The summed E-state index contributed by atoms with van der Waals surface area (Å²) in [5.74, 6) is -0.584. The summed E-state index contributed by atoms with van der Waals surface area (Å²) in [7, 11) is 0. The van der Waals surface area contributed by atoms with E-state index in [-0.39, 0.29) is 24.7 Å². The van der Waals surface area contributed by atoms with Crippen LogP contribution in [-0.4, -0.2) is 24.6 Å². The fourth-order valence-electron chi connectivity index (χ4n) is 4.69. The van der Waals surface area contributed by atoms with Crippen molar-refractivity contribution >= 4 is 11.9 Å². The van der Waals surface area contributed by atoms with Crippen LogP contribution in [0.25, 0.3) is 0 Å². The summed E-state index contributed by atoms with van der Waals surface area (Å²) >= 11 is 0. The summed E-state index contributed by atoms with van der Waals surface area (Å²) in [4.78, 5) is 25.2. The Morgan fingerprint density at radius 3 is 3.04 bits per heavy atom. The number of esters is 1. The zero-order valence-electron chi connectivity index (χ0n) is 13.2. The molecule has 4 atom stereocenters. The second-order valence-electron chi connectivity index (χ2n) is 6.63. The number of rotatable bonds is 2. The average Bonchev–Trinajstić information content (AvgIpc) is 2.85. The number of carbonyl (C=O) groups excluding carboxylic acids is 2. The lowest BCUT2D eigenvalue weighted by molar-refractivity contribution is -0.161. The molecule has 1 spiro atoms. The van der Waals surface area contributed by atoms with Crippen LogP contribution >= 0.6 is 0 Å². The van der Waals surface area contributed by atoms with Crippen molar-refractivity contribution in [3.63, 3.8) is 0 Å². The van der Waals surface area contributed by atoms with Crippen molar-refractivity contribution in [1.29, 1.82) is 0 Å². The average molecular weight is 315 g/mol. The first-order valence-electron chi connectivity index (χ1n) is 8.41. The maximum Gasteiger partial charge on any atom is 0.319 e. The second-order valence-corrected chi connectivity index (χ2v) is 6.63. The van der Waals surface area contributed by atoms with E-state index in [2.05, 4.69) is 5.32 Å². The second kappa shape index (κ2) is 5.25. The van der Waals surface area contributed by atoms with Crippen LogP contribution in [0.15, 0.2) is 24.3 Å². The number of fused-ring (bicyclic) bond motifs is 2. The molecule has 0 bridgehead atoms. The zero-order valence-corrected chi connectivity index (χ0v) is 13.2. The van der Waals surface area contributed by atoms with Crippen molar-refractivity contribution in [3.8, 4) is 5.75 Å². The van der Waals surface area contributed by atoms with Gasteiger partial charge in [0.15, 0.2) is 0 Å². The minimum atomic E-state index is -0.772. The predicted molar refractivity (Wildman–Crippen MR) is 82.8 cm³/mol. The van der Waals surface area contributed by atoms with Gasteiger partial charge in [0.2, 0.25) is 5.91 Å². The van der Waals surface area contributed by atoms with E-state index in [0.717, 1.165) is 37.0 Å². The Morgan fingerprint density at radius 2 is 2.22 bits per heavy atom. The van der Waals surface area contributed by atoms with Gasteiger partial charge in [-0.3, -0.25) is 9.59 Å². The van der Waals surface area contributed by atoms with Crippen molar-refractivity contribution in [2.75, 3.05) is 6.61 Å². The molecule has 5 nitrogen and oxygen atoms in total. The molecule has 0 radical (unpaired) electrons. The normalized spacial score (nSPS) is 34.5. The Kier molecular flexibility index (Phi) is 3.32. The van der Waals surface area contributed by atoms with Crippen molar-refractivity contribution < 1.29 is 19.1 Å². The molecule has 122 valence electrons. The Hall–Kier alpha value is -2.04. The number of para-hydroxylation sites is 1. The summed E-state index contributed by atoms with van der Waals surface area (Å²) in [5, 5.41) is 3.07. The molecule has 2 heterocycles. The molecule has 1 saturated carbocycles. The van der Waals surface area contributed by atoms with Crippen LogP contribution in [0.3, 0.4) is 0 Å². The lowest BCUT2D eigenvalue weighted by Crippen LogP contribution is -2.53. The molecule has 23 heavy (non-hydrogen) atoms. The lowest BCUT2D eigenvalue weighted by atomic mass is 9.59. The number of hydrogen-bond donors (Lipinski definition) is 1. The van der Waals surface area contributed by atoms with Crippen LogP contribution in [-0.2, 0) is 14.3 Å². The molecule has 2 fully saturated rings. The van der Waals surface area contributed by atoms with Gasteiger partial charge in [-0.25, -0.2) is 0 Å². The number of amides is 1. The number of ether oxygens (including phenoxy) is 2. The first-order valence-corrected chi connectivity index (χ1v) is 8.41. The molecule has 5 heteroatoms. The molecule has 1 aromatic carbocycles. The third-order valence-corrected chi connectivity index (χ3v) is 5.57. The Balaban J connectivity index is 1.85. The van der Waals surface area contributed by atoms with E-state index >= 15 is 0 Å². The molecule has 4 rings (SSSR count). The smallest absolute Gasteiger partial charge is 0.319 e. The molecule has 1 aliphatic carbocycles. The largest absolute Gasteiger partial charge is 0.489 e. The molecule has 0 unspecified atom stereocenters. The van der Waals surface area contributed by atoms with Crippen LogP contribution in [0, 0.1) is 11.3 Å². The SMILES string of the molecule is CCOC(=O)[C@H]1C(=O)N[C@@H]2c3ccccc3O[C@@H]3CCCC[C@]123. The molecular formula is C18H21NO4. The van der Waals surface area contributed by atoms with Gasteiger partial charge < -0.3 is 14.8 Å². The van der Waals surface area contributed by atoms with Crippen molar-refractivity contribution in [2.24, 2.45) is 11.3 Å². The van der Waals surface area contributed by atoms with Gasteiger partial charge in [0.25, 0.3) is 0 Å². The van der Waals surface area contributed by atoms with Gasteiger partial charge >= 0.3 is 5.97 Å². The van der Waals surface area contributed by atoms with E-state index in [9.17, 15) is 9.59 Å². The lowest BCUT2D eigenvalue weighted by Gasteiger charge is -2.49. The summed E-state index contributed by atoms with van der Waals surface area (Å²) in [6.45, 7) is 2.05. The molecule has 1 N–H and O–H groups in total. The van der Waals surface area contributed by atoms with Gasteiger partial charge in [-0.15, -0.1) is 0 Å². The van der Waals surface area contributed by atoms with Gasteiger partial charge in [0.05, 0.1) is 18.1 Å². The number of benzene rings is 1. The minimum absolute atomic E-state index is 0.121. The fourth-order valence-corrected chi connectivity index (χ4v) is 4.69. The van der Waals surface area contributed by atoms with Gasteiger partial charge in [-0.1, -0.05) is 24.6 Å². The zero-order chi connectivity index (χ0) is 16.0. The van der Waals surface area contributed by atoms with Crippen LogP contribution in [0.5, 0.6) is 5.75 Å².